The molecule has 0 saturated carbocycles. The Morgan fingerprint density at radius 1 is 1.09 bits per heavy atom. The highest BCUT2D eigenvalue weighted by molar-refractivity contribution is 5.90. The maximum atomic E-state index is 11.8. The quantitative estimate of drug-likeness (QED) is 0.454. The Labute approximate surface area is 130 Å². The molecule has 1 N–H and O–H groups in total. The van der Waals surface area contributed by atoms with Crippen LogP contribution in [0.5, 0.6) is 0 Å². The van der Waals surface area contributed by atoms with Crippen molar-refractivity contribution in [1.29, 1.82) is 0 Å². The van der Waals surface area contributed by atoms with Gasteiger partial charge in [0.25, 0.3) is 5.69 Å². The van der Waals surface area contributed by atoms with Crippen molar-refractivity contribution in [3.8, 4) is 11.3 Å². The van der Waals surface area contributed by atoms with Crippen LogP contribution in [-0.4, -0.2) is 16.3 Å². The van der Waals surface area contributed by atoms with Crippen LogP contribution in [-0.2, 0) is 0 Å². The molecule has 0 bridgehead atoms. The van der Waals surface area contributed by atoms with Crippen LogP contribution >= 0.6 is 0 Å². The van der Waals surface area contributed by atoms with E-state index >= 15 is 0 Å². The first-order valence-corrected chi connectivity index (χ1v) is 6.71. The van der Waals surface area contributed by atoms with Gasteiger partial charge in [-0.25, -0.2) is 14.9 Å². The van der Waals surface area contributed by atoms with Gasteiger partial charge in [0.2, 0.25) is 0 Å². The van der Waals surface area contributed by atoms with E-state index in [9.17, 15) is 14.9 Å². The molecule has 1 heterocycles. The minimum absolute atomic E-state index is 0.134. The fourth-order valence-corrected chi connectivity index (χ4v) is 2.11. The molecule has 0 aliphatic heterocycles. The first kappa shape index (κ1) is 14.5. The zero-order valence-electron chi connectivity index (χ0n) is 11.8. The highest BCUT2D eigenvalue weighted by Crippen LogP contribution is 2.26. The summed E-state index contributed by atoms with van der Waals surface area (Å²) in [5.74, 6) is 0. The van der Waals surface area contributed by atoms with Crippen LogP contribution in [0.2, 0.25) is 0 Å². The first-order chi connectivity index (χ1) is 11.2. The second-order valence-electron chi connectivity index (χ2n) is 4.65. The molecule has 0 fully saturated rings. The van der Waals surface area contributed by atoms with Gasteiger partial charge < -0.3 is 4.52 Å². The molecule has 3 rings (SSSR count). The molecule has 0 spiro atoms. The monoisotopic (exact) mass is 309 g/mol. The molecule has 3 aromatic rings. The lowest BCUT2D eigenvalue weighted by Gasteiger charge is -1.98. The number of nitro benzene ring substituents is 1. The molecule has 0 atom stereocenters. The molecule has 7 nitrogen and oxygen atoms in total. The lowest BCUT2D eigenvalue weighted by molar-refractivity contribution is -0.384. The van der Waals surface area contributed by atoms with Gasteiger partial charge in [-0.1, -0.05) is 42.5 Å². The van der Waals surface area contributed by atoms with Gasteiger partial charge in [0.15, 0.2) is 0 Å². The van der Waals surface area contributed by atoms with Crippen LogP contribution in [0, 0.1) is 10.1 Å². The number of hydrogen-bond donors (Lipinski definition) is 1. The van der Waals surface area contributed by atoms with Gasteiger partial charge in [0.05, 0.1) is 10.6 Å². The van der Waals surface area contributed by atoms with Crippen molar-refractivity contribution in [3.63, 3.8) is 0 Å². The van der Waals surface area contributed by atoms with Gasteiger partial charge in [-0.2, -0.15) is 0 Å². The largest absolute Gasteiger partial charge is 0.366 e. The summed E-state index contributed by atoms with van der Waals surface area (Å²) in [6, 6.07) is 15.2. The maximum absolute atomic E-state index is 11.8. The summed E-state index contributed by atoms with van der Waals surface area (Å²) in [5.41, 5.74) is 0.864. The Morgan fingerprint density at radius 2 is 1.78 bits per heavy atom. The van der Waals surface area contributed by atoms with Gasteiger partial charge in [0.1, 0.15) is 11.3 Å². The Kier molecular flexibility index (Phi) is 3.84. The third kappa shape index (κ3) is 2.93. The van der Waals surface area contributed by atoms with Crippen molar-refractivity contribution >= 4 is 17.6 Å². The molecular formula is C16H11N3O4. The minimum atomic E-state index is -0.591. The molecule has 0 saturated heterocycles. The molecule has 7 heteroatoms. The van der Waals surface area contributed by atoms with E-state index in [2.05, 4.69) is 10.1 Å². The molecule has 0 aliphatic carbocycles. The lowest BCUT2D eigenvalue weighted by Crippen LogP contribution is -2.01. The number of aromatic amines is 1. The number of hydrogen-bond acceptors (Lipinski definition) is 5. The SMILES string of the molecule is O=c1o[nH]c(-c2ccccc2)c1C=Nc1ccccc1[N+](=O)[O-]. The van der Waals surface area contributed by atoms with E-state index < -0.39 is 10.5 Å². The van der Waals surface area contributed by atoms with Gasteiger partial charge in [0, 0.05) is 17.8 Å². The molecule has 0 amide bonds. The van der Waals surface area contributed by atoms with E-state index in [0.717, 1.165) is 5.56 Å². The van der Waals surface area contributed by atoms with Gasteiger partial charge in [-0.05, 0) is 6.07 Å². The lowest BCUT2D eigenvalue weighted by atomic mass is 10.1. The molecule has 0 aliphatic rings. The van der Waals surface area contributed by atoms with Crippen molar-refractivity contribution in [1.82, 2.24) is 5.16 Å². The highest BCUT2D eigenvalue weighted by Gasteiger charge is 2.14. The second-order valence-corrected chi connectivity index (χ2v) is 4.65. The topological polar surface area (TPSA) is 102 Å². The molecule has 2 aromatic carbocycles. The van der Waals surface area contributed by atoms with Gasteiger partial charge in [-0.3, -0.25) is 10.1 Å². The Hall–Kier alpha value is -3.48. The van der Waals surface area contributed by atoms with E-state index in [-0.39, 0.29) is 16.9 Å². The molecule has 0 unspecified atom stereocenters. The zero-order chi connectivity index (χ0) is 16.2. The van der Waals surface area contributed by atoms with E-state index in [1.54, 1.807) is 12.1 Å². The maximum Gasteiger partial charge on any atom is 0.366 e. The molecule has 1 aromatic heterocycles. The second kappa shape index (κ2) is 6.10. The average Bonchev–Trinajstić information content (AvgIpc) is 2.94. The summed E-state index contributed by atoms with van der Waals surface area (Å²) in [5, 5.41) is 13.5. The Bertz CT molecular complexity index is 926. The van der Waals surface area contributed by atoms with Crippen molar-refractivity contribution in [2.75, 3.05) is 0 Å². The van der Waals surface area contributed by atoms with Crippen LogP contribution in [0.4, 0.5) is 11.4 Å². The summed E-state index contributed by atoms with van der Waals surface area (Å²) in [7, 11) is 0. The normalized spacial score (nSPS) is 11.0. The van der Waals surface area contributed by atoms with Crippen molar-refractivity contribution in [2.24, 2.45) is 4.99 Å². The predicted molar refractivity (Wildman–Crippen MR) is 85.1 cm³/mol. The third-order valence-corrected chi connectivity index (χ3v) is 3.21. The fraction of sp³-hybridized carbons (Fsp3) is 0. The molecule has 114 valence electrons. The highest BCUT2D eigenvalue weighted by atomic mass is 16.6. The van der Waals surface area contributed by atoms with E-state index in [1.165, 1.54) is 18.3 Å². The zero-order valence-corrected chi connectivity index (χ0v) is 11.8. The van der Waals surface area contributed by atoms with Crippen molar-refractivity contribution in [2.45, 2.75) is 0 Å². The van der Waals surface area contributed by atoms with Gasteiger partial charge >= 0.3 is 5.63 Å². The number of nitrogens with zero attached hydrogens (tertiary/aromatic N) is 2. The number of nitrogens with one attached hydrogen (secondary N) is 1. The van der Waals surface area contributed by atoms with Crippen LogP contribution in [0.1, 0.15) is 5.56 Å². The smallest absolute Gasteiger partial charge is 0.338 e. The van der Waals surface area contributed by atoms with E-state index in [0.29, 0.717) is 5.69 Å². The third-order valence-electron chi connectivity index (χ3n) is 3.21. The van der Waals surface area contributed by atoms with Crippen LogP contribution < -0.4 is 5.63 Å². The minimum Gasteiger partial charge on any atom is -0.338 e. The number of H-pyrrole nitrogens is 1. The summed E-state index contributed by atoms with van der Waals surface area (Å²) in [6.45, 7) is 0. The summed E-state index contributed by atoms with van der Waals surface area (Å²) >= 11 is 0. The van der Waals surface area contributed by atoms with Crippen LogP contribution in [0.3, 0.4) is 0 Å². The first-order valence-electron chi connectivity index (χ1n) is 6.71. The molecular weight excluding hydrogens is 298 g/mol. The number of benzene rings is 2. The standard InChI is InChI=1S/C16H11N3O4/c20-16-12(15(18-23-16)11-6-2-1-3-7-11)10-17-13-8-4-5-9-14(13)19(21)22/h1-10,18H. The Morgan fingerprint density at radius 3 is 2.52 bits per heavy atom. The fourth-order valence-electron chi connectivity index (χ4n) is 2.11. The number of aliphatic imine (C=N–C) groups is 1. The summed E-state index contributed by atoms with van der Waals surface area (Å²) in [6.07, 6.45) is 1.27. The predicted octanol–water partition coefficient (Wildman–Crippen LogP) is 3.29. The molecule has 0 radical (unpaired) electrons. The number of aromatic nitrogens is 1. The van der Waals surface area contributed by atoms with Crippen LogP contribution in [0.15, 0.2) is 68.9 Å². The van der Waals surface area contributed by atoms with Gasteiger partial charge in [-0.15, -0.1) is 0 Å². The van der Waals surface area contributed by atoms with E-state index in [1.807, 2.05) is 30.3 Å². The van der Waals surface area contributed by atoms with Crippen molar-refractivity contribution < 1.29 is 9.45 Å². The molecule has 23 heavy (non-hydrogen) atoms. The van der Waals surface area contributed by atoms with Crippen molar-refractivity contribution in [3.05, 3.63) is 80.7 Å². The average molecular weight is 309 g/mol. The number of nitro groups is 1. The number of rotatable bonds is 4. The summed E-state index contributed by atoms with van der Waals surface area (Å²) < 4.78 is 4.81. The number of para-hydroxylation sites is 2. The van der Waals surface area contributed by atoms with Crippen LogP contribution in [0.25, 0.3) is 11.3 Å². The van der Waals surface area contributed by atoms with E-state index in [4.69, 9.17) is 4.52 Å². The Balaban J connectivity index is 2.04. The summed E-state index contributed by atoms with van der Waals surface area (Å²) in [4.78, 5) is 26.4.